The first-order chi connectivity index (χ1) is 13.1. The van der Waals surface area contributed by atoms with Gasteiger partial charge in [-0.3, -0.25) is 4.72 Å². The minimum absolute atomic E-state index is 0.0323. The van der Waals surface area contributed by atoms with Gasteiger partial charge in [-0.2, -0.15) is 9.52 Å². The predicted octanol–water partition coefficient (Wildman–Crippen LogP) is 2.87. The van der Waals surface area contributed by atoms with Crippen LogP contribution < -0.4 is 4.72 Å². The van der Waals surface area contributed by atoms with Crippen molar-refractivity contribution in [2.45, 2.75) is 26.3 Å². The normalized spacial score (nSPS) is 17.5. The molecule has 1 N–H and O–H groups in total. The number of rotatable bonds is 6. The maximum Gasteiger partial charge on any atom is 0.247 e. The summed E-state index contributed by atoms with van der Waals surface area (Å²) in [5, 5.41) is 4.36. The van der Waals surface area contributed by atoms with Gasteiger partial charge in [0.05, 0.1) is 23.8 Å². The minimum Gasteiger partial charge on any atom is -0.284 e. The Hall–Kier alpha value is -2.39. The third-order valence-electron chi connectivity index (χ3n) is 4.49. The second-order valence-corrected chi connectivity index (χ2v) is 10.7. The van der Waals surface area contributed by atoms with Crippen LogP contribution in [-0.4, -0.2) is 39.0 Å². The Balaban J connectivity index is 1.97. The molecule has 0 aromatic heterocycles. The molecule has 1 aliphatic heterocycles. The highest BCUT2D eigenvalue weighted by Crippen LogP contribution is 2.35. The van der Waals surface area contributed by atoms with E-state index in [1.165, 1.54) is 0 Å². The summed E-state index contributed by atoms with van der Waals surface area (Å²) in [6, 6.07) is 14.1. The summed E-state index contributed by atoms with van der Waals surface area (Å²) in [4.78, 5) is 0. The number of nitrogens with zero attached hydrogens (tertiary/aromatic N) is 2. The van der Waals surface area contributed by atoms with E-state index in [0.29, 0.717) is 23.4 Å². The average Bonchev–Trinajstić information content (AvgIpc) is 3.07. The third kappa shape index (κ3) is 4.53. The Labute approximate surface area is 166 Å². The Morgan fingerprint density at radius 3 is 2.46 bits per heavy atom. The average molecular weight is 422 g/mol. The Morgan fingerprint density at radius 1 is 1.11 bits per heavy atom. The van der Waals surface area contributed by atoms with Gasteiger partial charge in [0.25, 0.3) is 0 Å². The SMILES string of the molecule is CCS(=O)(=O)Nc1cccc(C2=NN(S(C)(=O)=O)[C@H](c3cccc(C)c3)C2)c1. The van der Waals surface area contributed by atoms with Crippen LogP contribution in [0.5, 0.6) is 0 Å². The number of nitrogens with one attached hydrogen (secondary N) is 1. The van der Waals surface area contributed by atoms with Crippen molar-refractivity contribution in [3.8, 4) is 0 Å². The highest BCUT2D eigenvalue weighted by molar-refractivity contribution is 7.92. The first kappa shape index (κ1) is 20.3. The molecular weight excluding hydrogens is 398 g/mol. The summed E-state index contributed by atoms with van der Waals surface area (Å²) < 4.78 is 51.9. The van der Waals surface area contributed by atoms with Crippen molar-refractivity contribution in [2.24, 2.45) is 5.10 Å². The largest absolute Gasteiger partial charge is 0.284 e. The molecule has 0 spiro atoms. The number of benzene rings is 2. The number of anilines is 1. The predicted molar refractivity (Wildman–Crippen MR) is 111 cm³/mol. The van der Waals surface area contributed by atoms with E-state index in [1.54, 1.807) is 31.2 Å². The van der Waals surface area contributed by atoms with Gasteiger partial charge in [-0.05, 0) is 37.1 Å². The first-order valence-electron chi connectivity index (χ1n) is 8.83. The molecule has 2 aromatic carbocycles. The van der Waals surface area contributed by atoms with Gasteiger partial charge >= 0.3 is 0 Å². The second-order valence-electron chi connectivity index (χ2n) is 6.80. The Kier molecular flexibility index (Phi) is 5.49. The number of hydrogen-bond donors (Lipinski definition) is 1. The minimum atomic E-state index is -3.56. The zero-order chi connectivity index (χ0) is 20.5. The summed E-state index contributed by atoms with van der Waals surface area (Å²) in [5.74, 6) is -0.0323. The Bertz CT molecular complexity index is 1130. The van der Waals surface area contributed by atoms with E-state index in [2.05, 4.69) is 9.82 Å². The molecule has 0 saturated heterocycles. The molecule has 0 fully saturated rings. The van der Waals surface area contributed by atoms with Gasteiger partial charge in [0.2, 0.25) is 20.0 Å². The monoisotopic (exact) mass is 421 g/mol. The standard InChI is InChI=1S/C19H23N3O4S2/c1-4-28(25,26)21-17-10-6-8-15(12-17)18-13-19(22(20-18)27(3,23)24)16-9-5-7-14(2)11-16/h5-12,19,21H,4,13H2,1-3H3/t19-/m0/s1. The smallest absolute Gasteiger partial charge is 0.247 e. The molecule has 1 heterocycles. The van der Waals surface area contributed by atoms with Crippen LogP contribution >= 0.6 is 0 Å². The fraction of sp³-hybridized carbons (Fsp3) is 0.316. The number of hydrogen-bond acceptors (Lipinski definition) is 5. The van der Waals surface area contributed by atoms with Crippen LogP contribution in [0, 0.1) is 6.92 Å². The van der Waals surface area contributed by atoms with Gasteiger partial charge in [-0.1, -0.05) is 42.0 Å². The molecule has 0 unspecified atom stereocenters. The van der Waals surface area contributed by atoms with Gasteiger partial charge < -0.3 is 0 Å². The van der Waals surface area contributed by atoms with Gasteiger partial charge in [0, 0.05) is 12.1 Å². The zero-order valence-electron chi connectivity index (χ0n) is 16.0. The lowest BCUT2D eigenvalue weighted by molar-refractivity contribution is 0.374. The van der Waals surface area contributed by atoms with Crippen molar-refractivity contribution in [1.82, 2.24) is 4.41 Å². The third-order valence-corrected chi connectivity index (χ3v) is 6.81. The molecule has 1 atom stereocenters. The maximum atomic E-state index is 12.3. The first-order valence-corrected chi connectivity index (χ1v) is 12.3. The van der Waals surface area contributed by atoms with Crippen LogP contribution in [0.15, 0.2) is 53.6 Å². The maximum absolute atomic E-state index is 12.3. The molecule has 0 radical (unpaired) electrons. The molecule has 0 saturated carbocycles. The van der Waals surface area contributed by atoms with E-state index in [9.17, 15) is 16.8 Å². The quantitative estimate of drug-likeness (QED) is 0.776. The van der Waals surface area contributed by atoms with Crippen LogP contribution in [0.25, 0.3) is 0 Å². The summed E-state index contributed by atoms with van der Waals surface area (Å²) >= 11 is 0. The molecule has 150 valence electrons. The summed E-state index contributed by atoms with van der Waals surface area (Å²) in [5.41, 5.74) is 3.60. The zero-order valence-corrected chi connectivity index (χ0v) is 17.6. The molecule has 0 aliphatic carbocycles. The summed E-state index contributed by atoms with van der Waals surface area (Å²) in [7, 11) is -6.96. The van der Waals surface area contributed by atoms with E-state index in [0.717, 1.165) is 21.8 Å². The van der Waals surface area contributed by atoms with Gasteiger partial charge in [0.1, 0.15) is 0 Å². The van der Waals surface area contributed by atoms with Crippen molar-refractivity contribution < 1.29 is 16.8 Å². The van der Waals surface area contributed by atoms with E-state index >= 15 is 0 Å². The van der Waals surface area contributed by atoms with E-state index in [4.69, 9.17) is 0 Å². The summed E-state index contributed by atoms with van der Waals surface area (Å²) in [6.45, 7) is 3.51. The fourth-order valence-corrected chi connectivity index (χ4v) is 4.64. The lowest BCUT2D eigenvalue weighted by Gasteiger charge is -2.21. The van der Waals surface area contributed by atoms with Crippen molar-refractivity contribution in [3.05, 3.63) is 65.2 Å². The highest BCUT2D eigenvalue weighted by Gasteiger charge is 2.34. The van der Waals surface area contributed by atoms with Crippen LogP contribution in [0.1, 0.15) is 36.1 Å². The molecule has 0 bridgehead atoms. The van der Waals surface area contributed by atoms with Crippen molar-refractivity contribution in [2.75, 3.05) is 16.7 Å². The molecule has 2 aromatic rings. The second kappa shape index (κ2) is 7.56. The van der Waals surface area contributed by atoms with E-state index < -0.39 is 26.1 Å². The van der Waals surface area contributed by atoms with Gasteiger partial charge in [-0.25, -0.2) is 16.8 Å². The van der Waals surface area contributed by atoms with Gasteiger partial charge in [0.15, 0.2) is 0 Å². The number of hydrazone groups is 1. The van der Waals surface area contributed by atoms with Crippen molar-refractivity contribution in [1.29, 1.82) is 0 Å². The van der Waals surface area contributed by atoms with Crippen LogP contribution in [0.2, 0.25) is 0 Å². The van der Waals surface area contributed by atoms with E-state index in [-0.39, 0.29) is 5.75 Å². The van der Waals surface area contributed by atoms with Gasteiger partial charge in [-0.15, -0.1) is 0 Å². The highest BCUT2D eigenvalue weighted by atomic mass is 32.2. The van der Waals surface area contributed by atoms with Crippen molar-refractivity contribution in [3.63, 3.8) is 0 Å². The fourth-order valence-electron chi connectivity index (χ4n) is 3.11. The van der Waals surface area contributed by atoms with Crippen LogP contribution in [-0.2, 0) is 20.0 Å². The van der Waals surface area contributed by atoms with E-state index in [1.807, 2.05) is 31.2 Å². The molecule has 0 amide bonds. The molecule has 1 aliphatic rings. The molecule has 9 heteroatoms. The van der Waals surface area contributed by atoms with Crippen LogP contribution in [0.3, 0.4) is 0 Å². The Morgan fingerprint density at radius 2 is 1.82 bits per heavy atom. The number of aryl methyl sites for hydroxylation is 1. The lowest BCUT2D eigenvalue weighted by Crippen LogP contribution is -2.25. The molecule has 3 rings (SSSR count). The molecule has 7 nitrogen and oxygen atoms in total. The van der Waals surface area contributed by atoms with Crippen LogP contribution in [0.4, 0.5) is 5.69 Å². The molecular formula is C19H23N3O4S2. The number of sulfonamides is 2. The topological polar surface area (TPSA) is 95.9 Å². The molecule has 28 heavy (non-hydrogen) atoms. The lowest BCUT2D eigenvalue weighted by atomic mass is 9.98. The summed E-state index contributed by atoms with van der Waals surface area (Å²) in [6.07, 6.45) is 1.54. The van der Waals surface area contributed by atoms with Crippen molar-refractivity contribution >= 4 is 31.4 Å².